The van der Waals surface area contributed by atoms with E-state index < -0.39 is 51.7 Å². The normalized spacial score (nSPS) is 40.8. The van der Waals surface area contributed by atoms with Crippen LogP contribution in [0.2, 0.25) is 0 Å². The predicted molar refractivity (Wildman–Crippen MR) is 65.6 cm³/mol. The van der Waals surface area contributed by atoms with Crippen LogP contribution in [0, 0.1) is 11.8 Å². The first-order valence-corrected chi connectivity index (χ1v) is 6.86. The van der Waals surface area contributed by atoms with E-state index in [2.05, 4.69) is 5.32 Å². The molecular weight excluding hydrogens is 387 g/mol. The van der Waals surface area contributed by atoms with Crippen LogP contribution in [-0.4, -0.2) is 33.5 Å². The second-order valence-electron chi connectivity index (χ2n) is 4.37. The third-order valence-electron chi connectivity index (χ3n) is 3.26. The summed E-state index contributed by atoms with van der Waals surface area (Å²) in [6.07, 6.45) is -4.84. The van der Waals surface area contributed by atoms with Gasteiger partial charge in [-0.1, -0.05) is 22.6 Å². The number of halogens is 5. The monoisotopic (exact) mass is 396 g/mol. The topological polar surface area (TPSA) is 58.2 Å². The zero-order valence-electron chi connectivity index (χ0n) is 8.80. The number of carbonyl (C=O) groups excluding carboxylic acids is 2. The zero-order chi connectivity index (χ0) is 13.7. The van der Waals surface area contributed by atoms with Crippen molar-refractivity contribution >= 4 is 46.1 Å². The number of carbonyl (C=O) groups is 2. The van der Waals surface area contributed by atoms with Gasteiger partial charge in [0.2, 0.25) is 5.91 Å². The van der Waals surface area contributed by atoms with Gasteiger partial charge in [0, 0.05) is 3.92 Å². The minimum atomic E-state index is -4.44. The molecule has 1 saturated carbocycles. The van der Waals surface area contributed by atoms with Crippen LogP contribution in [0.25, 0.3) is 0 Å². The van der Waals surface area contributed by atoms with Gasteiger partial charge in [-0.3, -0.25) is 10.1 Å². The molecule has 102 valence electrons. The molecule has 2 rings (SSSR count). The summed E-state index contributed by atoms with van der Waals surface area (Å²) in [7, 11) is 0. The molecule has 2 fully saturated rings. The fourth-order valence-electron chi connectivity index (χ4n) is 2.35. The summed E-state index contributed by atoms with van der Waals surface area (Å²) in [4.78, 5) is 22.7. The van der Waals surface area contributed by atoms with Gasteiger partial charge in [0.15, 0.2) is 0 Å². The summed E-state index contributed by atoms with van der Waals surface area (Å²) in [6.45, 7) is 0. The number of imide groups is 1. The van der Waals surface area contributed by atoms with Gasteiger partial charge in [0.05, 0.1) is 23.3 Å². The summed E-state index contributed by atoms with van der Waals surface area (Å²) >= 11 is 7.59. The standard InChI is InChI=1S/C9H9ClF3IN2O2/c10-4-3(9(11,12)13)1-2-6(5(4)14)15-8(18)16-7(2)17/h2-6H,1H2,(H2,15,16,17,18). The molecule has 9 heteroatoms. The second kappa shape index (κ2) is 4.69. The number of alkyl halides is 5. The Hall–Kier alpha value is -0.250. The van der Waals surface area contributed by atoms with E-state index in [0.717, 1.165) is 0 Å². The van der Waals surface area contributed by atoms with Gasteiger partial charge in [0.25, 0.3) is 0 Å². The molecule has 5 atom stereocenters. The van der Waals surface area contributed by atoms with E-state index in [1.807, 2.05) is 5.32 Å². The van der Waals surface area contributed by atoms with Crippen LogP contribution in [0.4, 0.5) is 18.0 Å². The Morgan fingerprint density at radius 1 is 1.33 bits per heavy atom. The van der Waals surface area contributed by atoms with Crippen molar-refractivity contribution in [3.8, 4) is 0 Å². The lowest BCUT2D eigenvalue weighted by Gasteiger charge is -2.44. The molecule has 18 heavy (non-hydrogen) atoms. The first-order chi connectivity index (χ1) is 8.21. The molecular formula is C9H9ClF3IN2O2. The third-order valence-corrected chi connectivity index (χ3v) is 5.82. The van der Waals surface area contributed by atoms with E-state index in [9.17, 15) is 22.8 Å². The summed E-state index contributed by atoms with van der Waals surface area (Å²) in [5.41, 5.74) is 0. The van der Waals surface area contributed by atoms with Gasteiger partial charge in [-0.2, -0.15) is 13.2 Å². The fourth-order valence-corrected chi connectivity index (χ4v) is 3.93. The van der Waals surface area contributed by atoms with Crippen LogP contribution in [0.5, 0.6) is 0 Å². The number of nitrogens with one attached hydrogen (secondary N) is 2. The van der Waals surface area contributed by atoms with Gasteiger partial charge in [-0.25, -0.2) is 4.79 Å². The van der Waals surface area contributed by atoms with Crippen molar-refractivity contribution in [3.05, 3.63) is 0 Å². The smallest absolute Gasteiger partial charge is 0.333 e. The maximum atomic E-state index is 12.8. The van der Waals surface area contributed by atoms with Crippen LogP contribution in [0.15, 0.2) is 0 Å². The highest BCUT2D eigenvalue weighted by atomic mass is 127. The lowest BCUT2D eigenvalue weighted by atomic mass is 9.76. The average molecular weight is 397 g/mol. The summed E-state index contributed by atoms with van der Waals surface area (Å²) in [5.74, 6) is -3.28. The Morgan fingerprint density at radius 3 is 2.50 bits per heavy atom. The van der Waals surface area contributed by atoms with Gasteiger partial charge >= 0.3 is 12.2 Å². The Morgan fingerprint density at radius 2 is 1.94 bits per heavy atom. The molecule has 0 radical (unpaired) electrons. The van der Waals surface area contributed by atoms with E-state index in [1.54, 1.807) is 22.6 Å². The van der Waals surface area contributed by atoms with Crippen molar-refractivity contribution < 1.29 is 22.8 Å². The molecule has 0 spiro atoms. The van der Waals surface area contributed by atoms with Crippen LogP contribution in [-0.2, 0) is 4.79 Å². The Labute approximate surface area is 119 Å². The molecule has 4 nitrogen and oxygen atoms in total. The SMILES string of the molecule is O=C1NC(=O)C2CC(C(F)(F)F)C(Cl)C(I)C2N1. The molecule has 0 aromatic carbocycles. The number of hydrogen-bond acceptors (Lipinski definition) is 2. The van der Waals surface area contributed by atoms with E-state index in [4.69, 9.17) is 11.6 Å². The Bertz CT molecular complexity index is 392. The maximum Gasteiger partial charge on any atom is 0.393 e. The molecule has 1 aliphatic heterocycles. The lowest BCUT2D eigenvalue weighted by Crippen LogP contribution is -2.66. The second-order valence-corrected chi connectivity index (χ2v) is 6.31. The number of rotatable bonds is 0. The molecule has 2 aliphatic rings. The third kappa shape index (κ3) is 2.40. The molecule has 1 aliphatic carbocycles. The van der Waals surface area contributed by atoms with E-state index >= 15 is 0 Å². The molecule has 1 saturated heterocycles. The maximum absolute atomic E-state index is 12.8. The molecule has 0 aromatic heterocycles. The number of fused-ring (bicyclic) bond motifs is 1. The lowest BCUT2D eigenvalue weighted by molar-refractivity contribution is -0.185. The number of amides is 3. The van der Waals surface area contributed by atoms with Crippen molar-refractivity contribution in [3.63, 3.8) is 0 Å². The zero-order valence-corrected chi connectivity index (χ0v) is 11.7. The number of urea groups is 1. The minimum absolute atomic E-state index is 0.395. The first kappa shape index (κ1) is 14.2. The summed E-state index contributed by atoms with van der Waals surface area (Å²) in [6, 6.07) is -1.33. The van der Waals surface area contributed by atoms with Crippen molar-refractivity contribution in [1.29, 1.82) is 0 Å². The summed E-state index contributed by atoms with van der Waals surface area (Å²) < 4.78 is 37.8. The highest BCUT2D eigenvalue weighted by Gasteiger charge is 2.56. The van der Waals surface area contributed by atoms with E-state index in [-0.39, 0.29) is 0 Å². The van der Waals surface area contributed by atoms with Crippen LogP contribution < -0.4 is 10.6 Å². The van der Waals surface area contributed by atoms with Gasteiger partial charge in [-0.05, 0) is 6.42 Å². The molecule has 3 amide bonds. The first-order valence-electron chi connectivity index (χ1n) is 5.18. The predicted octanol–water partition coefficient (Wildman–Crippen LogP) is 1.80. The number of hydrogen-bond donors (Lipinski definition) is 2. The minimum Gasteiger partial charge on any atom is -0.333 e. The highest BCUT2D eigenvalue weighted by molar-refractivity contribution is 14.1. The van der Waals surface area contributed by atoms with Gasteiger partial charge in [0.1, 0.15) is 0 Å². The summed E-state index contributed by atoms with van der Waals surface area (Å²) in [5, 5.41) is 3.30. The molecule has 1 heterocycles. The highest BCUT2D eigenvalue weighted by Crippen LogP contribution is 2.45. The molecule has 0 bridgehead atoms. The molecule has 0 aromatic rings. The van der Waals surface area contributed by atoms with Crippen molar-refractivity contribution in [2.24, 2.45) is 11.8 Å². The fraction of sp³-hybridized carbons (Fsp3) is 0.778. The van der Waals surface area contributed by atoms with Crippen molar-refractivity contribution in [1.82, 2.24) is 10.6 Å². The average Bonchev–Trinajstić information content (AvgIpc) is 2.22. The Balaban J connectivity index is 2.27. The van der Waals surface area contributed by atoms with E-state index in [1.165, 1.54) is 0 Å². The van der Waals surface area contributed by atoms with Crippen molar-refractivity contribution in [2.75, 3.05) is 0 Å². The van der Waals surface area contributed by atoms with Gasteiger partial charge in [-0.15, -0.1) is 11.6 Å². The quantitative estimate of drug-likeness (QED) is 0.485. The molecule has 2 N–H and O–H groups in total. The molecule has 5 unspecified atom stereocenters. The van der Waals surface area contributed by atoms with Crippen LogP contribution in [0.3, 0.4) is 0 Å². The largest absolute Gasteiger partial charge is 0.393 e. The van der Waals surface area contributed by atoms with Crippen LogP contribution >= 0.6 is 34.2 Å². The van der Waals surface area contributed by atoms with Gasteiger partial charge < -0.3 is 5.32 Å². The van der Waals surface area contributed by atoms with E-state index in [0.29, 0.717) is 0 Å². The Kier molecular flexibility index (Phi) is 3.69. The van der Waals surface area contributed by atoms with Crippen molar-refractivity contribution in [2.45, 2.75) is 27.9 Å². The van der Waals surface area contributed by atoms with Crippen LogP contribution in [0.1, 0.15) is 6.42 Å².